The highest BCUT2D eigenvalue weighted by Crippen LogP contribution is 2.08. The van der Waals surface area contributed by atoms with Gasteiger partial charge in [-0.25, -0.2) is 4.58 Å². The van der Waals surface area contributed by atoms with Crippen molar-refractivity contribution in [3.05, 3.63) is 30.3 Å². The highest BCUT2D eigenvalue weighted by Gasteiger charge is 2.04. The molecule has 0 radical (unpaired) electrons. The van der Waals surface area contributed by atoms with Crippen LogP contribution < -0.4 is 4.89 Å². The first-order valence-corrected chi connectivity index (χ1v) is 5.84. The van der Waals surface area contributed by atoms with Crippen LogP contribution in [0.1, 0.15) is 0 Å². The molecule has 0 bridgehead atoms. The standard InChI is InChI=1S/C8H12O3Si/c1-9-12(2)11-10-8-6-4-3-5-7-8/h3-7,12H,1-2H3. The molecule has 1 aromatic carbocycles. The minimum atomic E-state index is -1.57. The van der Waals surface area contributed by atoms with E-state index in [1.165, 1.54) is 0 Å². The van der Waals surface area contributed by atoms with E-state index in [1.54, 1.807) is 7.11 Å². The van der Waals surface area contributed by atoms with Crippen LogP contribution >= 0.6 is 0 Å². The second-order valence-electron chi connectivity index (χ2n) is 2.30. The Bertz CT molecular complexity index is 215. The normalized spacial score (nSPS) is 12.5. The molecular formula is C8H12O3Si. The van der Waals surface area contributed by atoms with Gasteiger partial charge >= 0.3 is 9.28 Å². The SMILES string of the molecule is CO[SiH](C)OOc1ccccc1. The molecule has 0 saturated carbocycles. The number of rotatable bonds is 4. The predicted molar refractivity (Wildman–Crippen MR) is 48.2 cm³/mol. The Balaban J connectivity index is 2.33. The number of hydrogen-bond donors (Lipinski definition) is 0. The molecule has 0 aliphatic heterocycles. The molecule has 0 saturated heterocycles. The van der Waals surface area contributed by atoms with Gasteiger partial charge in [-0.3, -0.25) is 0 Å². The maximum atomic E-state index is 5.00. The molecule has 1 unspecified atom stereocenters. The van der Waals surface area contributed by atoms with Crippen molar-refractivity contribution in [2.45, 2.75) is 6.55 Å². The van der Waals surface area contributed by atoms with Gasteiger partial charge in [-0.15, -0.1) is 0 Å². The van der Waals surface area contributed by atoms with Gasteiger partial charge in [0.1, 0.15) is 0 Å². The van der Waals surface area contributed by atoms with Gasteiger partial charge in [0.05, 0.1) is 0 Å². The first-order chi connectivity index (χ1) is 5.83. The molecule has 0 aromatic heterocycles. The van der Waals surface area contributed by atoms with Crippen molar-refractivity contribution in [3.8, 4) is 5.75 Å². The monoisotopic (exact) mass is 184 g/mol. The fourth-order valence-electron chi connectivity index (χ4n) is 0.639. The third-order valence-electron chi connectivity index (χ3n) is 1.35. The van der Waals surface area contributed by atoms with Crippen LogP contribution in [0.5, 0.6) is 5.75 Å². The van der Waals surface area contributed by atoms with Crippen molar-refractivity contribution >= 4 is 9.28 Å². The molecule has 4 heteroatoms. The maximum absolute atomic E-state index is 5.00. The Kier molecular flexibility index (Phi) is 3.79. The van der Waals surface area contributed by atoms with Gasteiger partial charge in [-0.1, -0.05) is 18.2 Å². The van der Waals surface area contributed by atoms with Crippen molar-refractivity contribution < 1.29 is 13.9 Å². The Morgan fingerprint density at radius 2 is 1.83 bits per heavy atom. The van der Waals surface area contributed by atoms with Crippen LogP contribution in [0.3, 0.4) is 0 Å². The summed E-state index contributed by atoms with van der Waals surface area (Å²) in [4.78, 5) is 5.00. The summed E-state index contributed by atoms with van der Waals surface area (Å²) in [5.41, 5.74) is 0. The topological polar surface area (TPSA) is 27.7 Å². The van der Waals surface area contributed by atoms with Gasteiger partial charge in [-0.05, 0) is 18.7 Å². The average Bonchev–Trinajstić information content (AvgIpc) is 2.16. The van der Waals surface area contributed by atoms with Crippen LogP contribution in [0.2, 0.25) is 6.55 Å². The molecule has 3 nitrogen and oxygen atoms in total. The van der Waals surface area contributed by atoms with Crippen LogP contribution in [0, 0.1) is 0 Å². The lowest BCUT2D eigenvalue weighted by Crippen LogP contribution is -2.18. The molecule has 1 rings (SSSR count). The molecule has 0 fully saturated rings. The molecule has 0 spiro atoms. The zero-order valence-electron chi connectivity index (χ0n) is 7.19. The summed E-state index contributed by atoms with van der Waals surface area (Å²) < 4.78 is 9.96. The van der Waals surface area contributed by atoms with E-state index >= 15 is 0 Å². The summed E-state index contributed by atoms with van der Waals surface area (Å²) in [6.07, 6.45) is 0. The molecule has 0 aliphatic carbocycles. The molecule has 0 N–H and O–H groups in total. The van der Waals surface area contributed by atoms with Gasteiger partial charge < -0.3 is 9.31 Å². The minimum Gasteiger partial charge on any atom is -0.398 e. The molecule has 66 valence electrons. The highest BCUT2D eigenvalue weighted by molar-refractivity contribution is 6.42. The first kappa shape index (κ1) is 9.25. The van der Waals surface area contributed by atoms with E-state index in [4.69, 9.17) is 13.9 Å². The summed E-state index contributed by atoms with van der Waals surface area (Å²) in [5.74, 6) is 0.703. The van der Waals surface area contributed by atoms with Crippen LogP contribution in [-0.2, 0) is 9.00 Å². The van der Waals surface area contributed by atoms with Gasteiger partial charge in [0.2, 0.25) is 0 Å². The summed E-state index contributed by atoms with van der Waals surface area (Å²) in [6.45, 7) is 1.89. The van der Waals surface area contributed by atoms with Gasteiger partial charge in [0.25, 0.3) is 0 Å². The van der Waals surface area contributed by atoms with Crippen LogP contribution in [0.15, 0.2) is 30.3 Å². The van der Waals surface area contributed by atoms with Crippen molar-refractivity contribution in [2.24, 2.45) is 0 Å². The molecular weight excluding hydrogens is 172 g/mol. The summed E-state index contributed by atoms with van der Waals surface area (Å²) in [6, 6.07) is 9.35. The third-order valence-corrected chi connectivity index (χ3v) is 2.39. The van der Waals surface area contributed by atoms with E-state index in [-0.39, 0.29) is 0 Å². The van der Waals surface area contributed by atoms with Crippen molar-refractivity contribution in [3.63, 3.8) is 0 Å². The quantitative estimate of drug-likeness (QED) is 0.403. The molecule has 1 atom stereocenters. The minimum absolute atomic E-state index is 0.703. The summed E-state index contributed by atoms with van der Waals surface area (Å²) in [5, 5.41) is 0. The van der Waals surface area contributed by atoms with E-state index in [9.17, 15) is 0 Å². The third kappa shape index (κ3) is 3.04. The van der Waals surface area contributed by atoms with Crippen LogP contribution in [-0.4, -0.2) is 16.4 Å². The first-order valence-electron chi connectivity index (χ1n) is 3.74. The van der Waals surface area contributed by atoms with Crippen molar-refractivity contribution in [1.29, 1.82) is 0 Å². The van der Waals surface area contributed by atoms with Crippen molar-refractivity contribution in [2.75, 3.05) is 7.11 Å². The van der Waals surface area contributed by atoms with E-state index < -0.39 is 9.28 Å². The Hall–Kier alpha value is -0.843. The van der Waals surface area contributed by atoms with Crippen LogP contribution in [0.25, 0.3) is 0 Å². The van der Waals surface area contributed by atoms with E-state index in [1.807, 2.05) is 36.9 Å². The van der Waals surface area contributed by atoms with Crippen molar-refractivity contribution in [1.82, 2.24) is 0 Å². The van der Waals surface area contributed by atoms with E-state index in [0.717, 1.165) is 0 Å². The maximum Gasteiger partial charge on any atom is 0.372 e. The fourth-order valence-corrected chi connectivity index (χ4v) is 0.964. The van der Waals surface area contributed by atoms with Gasteiger partial charge in [-0.2, -0.15) is 0 Å². The van der Waals surface area contributed by atoms with Gasteiger partial charge in [0.15, 0.2) is 5.75 Å². The fraction of sp³-hybridized carbons (Fsp3) is 0.250. The molecule has 12 heavy (non-hydrogen) atoms. The number of para-hydroxylation sites is 1. The average molecular weight is 184 g/mol. The number of benzene rings is 1. The summed E-state index contributed by atoms with van der Waals surface area (Å²) in [7, 11) is 0.0430. The van der Waals surface area contributed by atoms with E-state index in [0.29, 0.717) is 5.75 Å². The Morgan fingerprint density at radius 1 is 1.17 bits per heavy atom. The Labute approximate surface area is 73.7 Å². The molecule has 0 heterocycles. The summed E-state index contributed by atoms with van der Waals surface area (Å²) >= 11 is 0. The highest BCUT2D eigenvalue weighted by atomic mass is 28.3. The Morgan fingerprint density at radius 3 is 2.42 bits per heavy atom. The largest absolute Gasteiger partial charge is 0.398 e. The molecule has 1 aromatic rings. The lowest BCUT2D eigenvalue weighted by atomic mass is 10.3. The smallest absolute Gasteiger partial charge is 0.372 e. The zero-order valence-corrected chi connectivity index (χ0v) is 8.34. The van der Waals surface area contributed by atoms with E-state index in [2.05, 4.69) is 0 Å². The van der Waals surface area contributed by atoms with Crippen LogP contribution in [0.4, 0.5) is 0 Å². The molecule has 0 amide bonds. The lowest BCUT2D eigenvalue weighted by molar-refractivity contribution is -0.121. The second-order valence-corrected chi connectivity index (χ2v) is 4.10. The van der Waals surface area contributed by atoms with Gasteiger partial charge in [0, 0.05) is 7.11 Å². The zero-order chi connectivity index (χ0) is 8.81. The molecule has 0 aliphatic rings. The second kappa shape index (κ2) is 4.92. The lowest BCUT2D eigenvalue weighted by Gasteiger charge is -2.08. The predicted octanol–water partition coefficient (Wildman–Crippen LogP) is 1.49. The number of hydrogen-bond acceptors (Lipinski definition) is 3.